The lowest BCUT2D eigenvalue weighted by Gasteiger charge is -2.16. The number of carbonyl (C=O) groups excluding carboxylic acids is 2. The van der Waals surface area contributed by atoms with Crippen LogP contribution in [0.1, 0.15) is 33.2 Å². The highest BCUT2D eigenvalue weighted by atomic mass is 32.2. The average molecular weight is 424 g/mol. The molecule has 8 heteroatoms. The van der Waals surface area contributed by atoms with Gasteiger partial charge in [-0.3, -0.25) is 9.52 Å². The van der Waals surface area contributed by atoms with Gasteiger partial charge in [-0.25, -0.2) is 13.2 Å². The molecule has 0 saturated heterocycles. The second-order valence-electron chi connectivity index (χ2n) is 6.96. The van der Waals surface area contributed by atoms with Crippen LogP contribution in [0.2, 0.25) is 0 Å². The number of carbonyl (C=O) groups is 2. The van der Waals surface area contributed by atoms with Crippen LogP contribution in [0.4, 0.5) is 11.4 Å². The Hall–Kier alpha value is -3.39. The van der Waals surface area contributed by atoms with E-state index in [9.17, 15) is 18.0 Å². The zero-order valence-corrected chi connectivity index (χ0v) is 17.3. The maximum Gasteiger partial charge on any atom is 0.337 e. The number of amides is 1. The van der Waals surface area contributed by atoms with E-state index in [2.05, 4.69) is 9.46 Å². The van der Waals surface area contributed by atoms with Crippen LogP contribution in [0.25, 0.3) is 10.8 Å². The predicted octanol–water partition coefficient (Wildman–Crippen LogP) is 3.55. The molecule has 0 saturated carbocycles. The van der Waals surface area contributed by atoms with E-state index >= 15 is 0 Å². The van der Waals surface area contributed by atoms with Crippen molar-refractivity contribution in [3.8, 4) is 0 Å². The highest BCUT2D eigenvalue weighted by molar-refractivity contribution is 7.91. The minimum Gasteiger partial charge on any atom is -0.465 e. The van der Waals surface area contributed by atoms with E-state index in [1.165, 1.54) is 13.2 Å². The van der Waals surface area contributed by atoms with E-state index in [1.807, 2.05) is 6.92 Å². The number of benzene rings is 3. The van der Waals surface area contributed by atoms with E-state index < -0.39 is 16.0 Å². The minimum absolute atomic E-state index is 0.0854. The third-order valence-electron chi connectivity index (χ3n) is 5.07. The summed E-state index contributed by atoms with van der Waals surface area (Å²) in [6.45, 7) is 2.43. The van der Waals surface area contributed by atoms with E-state index in [4.69, 9.17) is 0 Å². The van der Waals surface area contributed by atoms with Gasteiger partial charge < -0.3 is 9.64 Å². The van der Waals surface area contributed by atoms with Crippen LogP contribution in [0, 0.1) is 0 Å². The lowest BCUT2D eigenvalue weighted by atomic mass is 10.0. The molecule has 0 radical (unpaired) electrons. The molecule has 1 N–H and O–H groups in total. The average Bonchev–Trinajstić information content (AvgIpc) is 3.01. The largest absolute Gasteiger partial charge is 0.465 e. The van der Waals surface area contributed by atoms with E-state index in [0.717, 1.165) is 11.1 Å². The highest BCUT2D eigenvalue weighted by Gasteiger charge is 2.29. The van der Waals surface area contributed by atoms with Crippen LogP contribution in [0.15, 0.2) is 54.6 Å². The Kier molecular flexibility index (Phi) is 4.95. The maximum atomic E-state index is 12.8. The molecule has 154 valence electrons. The van der Waals surface area contributed by atoms with Gasteiger partial charge in [0.2, 0.25) is 10.0 Å². The van der Waals surface area contributed by atoms with Gasteiger partial charge >= 0.3 is 5.97 Å². The molecule has 1 aliphatic rings. The Morgan fingerprint density at radius 2 is 1.87 bits per heavy atom. The molecule has 4 rings (SSSR count). The van der Waals surface area contributed by atoms with Crippen LogP contribution in [-0.4, -0.2) is 33.9 Å². The van der Waals surface area contributed by atoms with Gasteiger partial charge in [-0.15, -0.1) is 0 Å². The molecule has 0 spiro atoms. The number of hydrogen-bond acceptors (Lipinski definition) is 5. The topological polar surface area (TPSA) is 92.8 Å². The van der Waals surface area contributed by atoms with Crippen LogP contribution in [0.3, 0.4) is 0 Å². The second-order valence-corrected chi connectivity index (χ2v) is 8.69. The lowest BCUT2D eigenvalue weighted by molar-refractivity contribution is 0.0600. The first-order chi connectivity index (χ1) is 14.3. The van der Waals surface area contributed by atoms with Gasteiger partial charge in [-0.1, -0.05) is 24.3 Å². The van der Waals surface area contributed by atoms with Crippen molar-refractivity contribution >= 4 is 44.0 Å². The molecule has 0 bridgehead atoms. The fourth-order valence-corrected chi connectivity index (χ4v) is 4.98. The molecule has 3 aromatic rings. The Bertz CT molecular complexity index is 1280. The first-order valence-corrected chi connectivity index (χ1v) is 11.0. The molecule has 0 unspecified atom stereocenters. The van der Waals surface area contributed by atoms with Crippen molar-refractivity contribution in [2.24, 2.45) is 0 Å². The van der Waals surface area contributed by atoms with Gasteiger partial charge in [0, 0.05) is 22.9 Å². The van der Waals surface area contributed by atoms with Crippen LogP contribution in [0.5, 0.6) is 0 Å². The first kappa shape index (κ1) is 19.9. The molecule has 30 heavy (non-hydrogen) atoms. The molecule has 0 fully saturated rings. The summed E-state index contributed by atoms with van der Waals surface area (Å²) in [7, 11) is -2.50. The van der Waals surface area contributed by atoms with Crippen molar-refractivity contribution in [1.29, 1.82) is 0 Å². The molecular weight excluding hydrogens is 404 g/mol. The standard InChI is InChI=1S/C22H20N2O5S/c1-3-24-19-11-10-18(16-8-5-9-17(20(16)19)21(24)25)23-30(27,28)13-14-6-4-7-15(12-14)22(26)29-2/h4-12,23H,3,13H2,1-2H3. The number of hydrogen-bond donors (Lipinski definition) is 1. The zero-order valence-electron chi connectivity index (χ0n) is 16.5. The minimum atomic E-state index is -3.77. The SMILES string of the molecule is CCN1C(=O)c2cccc3c(NS(=O)(=O)Cc4cccc(C(=O)OC)c4)ccc1c23. The van der Waals surface area contributed by atoms with Gasteiger partial charge in [0.1, 0.15) is 0 Å². The lowest BCUT2D eigenvalue weighted by Crippen LogP contribution is -2.25. The number of ether oxygens (including phenoxy) is 1. The quantitative estimate of drug-likeness (QED) is 0.611. The summed E-state index contributed by atoms with van der Waals surface area (Å²) in [5, 5.41) is 1.42. The number of rotatable bonds is 6. The monoisotopic (exact) mass is 424 g/mol. The predicted molar refractivity (Wildman–Crippen MR) is 115 cm³/mol. The normalized spacial score (nSPS) is 13.0. The molecule has 0 aromatic heterocycles. The van der Waals surface area contributed by atoms with E-state index in [-0.39, 0.29) is 17.2 Å². The summed E-state index contributed by atoms with van der Waals surface area (Å²) in [4.78, 5) is 26.0. The van der Waals surface area contributed by atoms with Gasteiger partial charge in [-0.2, -0.15) is 0 Å². The summed E-state index contributed by atoms with van der Waals surface area (Å²) in [6, 6.07) is 15.0. The van der Waals surface area contributed by atoms with Crippen molar-refractivity contribution in [2.75, 3.05) is 23.3 Å². The number of methoxy groups -OCH3 is 1. The van der Waals surface area contributed by atoms with Crippen LogP contribution >= 0.6 is 0 Å². The van der Waals surface area contributed by atoms with Crippen molar-refractivity contribution in [2.45, 2.75) is 12.7 Å². The summed E-state index contributed by atoms with van der Waals surface area (Å²) >= 11 is 0. The molecule has 0 aliphatic carbocycles. The van der Waals surface area contributed by atoms with E-state index in [1.54, 1.807) is 53.4 Å². The molecule has 1 aliphatic heterocycles. The Morgan fingerprint density at radius 3 is 2.60 bits per heavy atom. The Balaban J connectivity index is 1.68. The molecule has 1 heterocycles. The molecule has 1 amide bonds. The fraction of sp³-hybridized carbons (Fsp3) is 0.182. The summed E-state index contributed by atoms with van der Waals surface area (Å²) in [6.07, 6.45) is 0. The third-order valence-corrected chi connectivity index (χ3v) is 6.32. The Labute approximate surface area is 174 Å². The molecule has 0 atom stereocenters. The number of nitrogens with zero attached hydrogens (tertiary/aromatic N) is 1. The zero-order chi connectivity index (χ0) is 21.5. The summed E-state index contributed by atoms with van der Waals surface area (Å²) in [5.74, 6) is -0.918. The first-order valence-electron chi connectivity index (χ1n) is 9.40. The highest BCUT2D eigenvalue weighted by Crippen LogP contribution is 2.40. The summed E-state index contributed by atoms with van der Waals surface area (Å²) in [5.41, 5.74) is 2.50. The molecule has 7 nitrogen and oxygen atoms in total. The molecular formula is C22H20N2O5S. The van der Waals surface area contributed by atoms with Crippen molar-refractivity contribution in [1.82, 2.24) is 0 Å². The van der Waals surface area contributed by atoms with Crippen LogP contribution < -0.4 is 9.62 Å². The maximum absolute atomic E-state index is 12.8. The fourth-order valence-electron chi connectivity index (χ4n) is 3.78. The van der Waals surface area contributed by atoms with E-state index in [0.29, 0.717) is 28.7 Å². The smallest absolute Gasteiger partial charge is 0.337 e. The number of sulfonamides is 1. The van der Waals surface area contributed by atoms with Crippen molar-refractivity contribution in [3.63, 3.8) is 0 Å². The third kappa shape index (κ3) is 3.39. The van der Waals surface area contributed by atoms with Gasteiger partial charge in [0.25, 0.3) is 5.91 Å². The molecule has 3 aromatic carbocycles. The second kappa shape index (κ2) is 7.46. The van der Waals surface area contributed by atoms with Gasteiger partial charge in [-0.05, 0) is 42.8 Å². The van der Waals surface area contributed by atoms with Crippen LogP contribution in [-0.2, 0) is 20.5 Å². The number of nitrogens with one attached hydrogen (secondary N) is 1. The van der Waals surface area contributed by atoms with Crippen molar-refractivity contribution in [3.05, 3.63) is 71.3 Å². The number of anilines is 2. The Morgan fingerprint density at radius 1 is 1.10 bits per heavy atom. The van der Waals surface area contributed by atoms with Crippen molar-refractivity contribution < 1.29 is 22.7 Å². The van der Waals surface area contributed by atoms with Gasteiger partial charge in [0.05, 0.1) is 29.8 Å². The summed E-state index contributed by atoms with van der Waals surface area (Å²) < 4.78 is 33.0. The number of esters is 1. The van der Waals surface area contributed by atoms with Gasteiger partial charge in [0.15, 0.2) is 0 Å².